The summed E-state index contributed by atoms with van der Waals surface area (Å²) >= 11 is 5.92. The average molecular weight is 244 g/mol. The molecule has 1 heterocycles. The van der Waals surface area contributed by atoms with Gasteiger partial charge in [0.25, 0.3) is 0 Å². The maximum atomic E-state index is 5.92. The lowest BCUT2D eigenvalue weighted by molar-refractivity contribution is 0.237. The minimum absolute atomic E-state index is 0.301. The van der Waals surface area contributed by atoms with Gasteiger partial charge >= 0.3 is 0 Å². The fourth-order valence-corrected chi connectivity index (χ4v) is 1.44. The Balaban J connectivity index is 2.45. The van der Waals surface area contributed by atoms with E-state index in [-0.39, 0.29) is 0 Å². The molecule has 0 saturated carbocycles. The van der Waals surface area contributed by atoms with E-state index in [1.807, 2.05) is 11.6 Å². The van der Waals surface area contributed by atoms with Gasteiger partial charge in [0, 0.05) is 13.6 Å². The van der Waals surface area contributed by atoms with E-state index in [1.165, 1.54) is 0 Å². The standard InChI is InChI=1S/C12H22ClN3/c1-9(2)12(3,4)8-14-7-11-15-6-10(13)16(11)5/h6,9,14H,7-8H2,1-5H3. The van der Waals surface area contributed by atoms with Crippen LogP contribution < -0.4 is 5.32 Å². The molecule has 92 valence electrons. The van der Waals surface area contributed by atoms with E-state index in [0.29, 0.717) is 16.5 Å². The van der Waals surface area contributed by atoms with Crippen LogP contribution >= 0.6 is 11.6 Å². The summed E-state index contributed by atoms with van der Waals surface area (Å²) in [5, 5.41) is 4.12. The van der Waals surface area contributed by atoms with Crippen molar-refractivity contribution in [2.75, 3.05) is 6.54 Å². The maximum absolute atomic E-state index is 5.92. The predicted molar refractivity (Wildman–Crippen MR) is 68.5 cm³/mol. The number of nitrogens with zero attached hydrogens (tertiary/aromatic N) is 2. The Morgan fingerprint density at radius 1 is 1.50 bits per heavy atom. The highest BCUT2D eigenvalue weighted by atomic mass is 35.5. The summed E-state index contributed by atoms with van der Waals surface area (Å²) in [5.41, 5.74) is 0.301. The second-order valence-electron chi connectivity index (χ2n) is 5.30. The summed E-state index contributed by atoms with van der Waals surface area (Å²) in [6.07, 6.45) is 1.69. The molecule has 0 aromatic carbocycles. The second-order valence-corrected chi connectivity index (χ2v) is 5.69. The number of aromatic nitrogens is 2. The molecule has 0 spiro atoms. The van der Waals surface area contributed by atoms with Crippen molar-refractivity contribution in [3.8, 4) is 0 Å². The Labute approximate surface area is 103 Å². The lowest BCUT2D eigenvalue weighted by Crippen LogP contribution is -2.33. The van der Waals surface area contributed by atoms with Crippen molar-refractivity contribution < 1.29 is 0 Å². The lowest BCUT2D eigenvalue weighted by Gasteiger charge is -2.29. The molecule has 1 N–H and O–H groups in total. The van der Waals surface area contributed by atoms with Gasteiger partial charge in [0.2, 0.25) is 0 Å². The van der Waals surface area contributed by atoms with Gasteiger partial charge in [-0.05, 0) is 11.3 Å². The molecule has 4 heteroatoms. The minimum atomic E-state index is 0.301. The van der Waals surface area contributed by atoms with E-state index in [9.17, 15) is 0 Å². The first-order valence-corrected chi connectivity index (χ1v) is 6.09. The Hall–Kier alpha value is -0.540. The summed E-state index contributed by atoms with van der Waals surface area (Å²) in [6, 6.07) is 0. The topological polar surface area (TPSA) is 29.9 Å². The third-order valence-electron chi connectivity index (χ3n) is 3.45. The van der Waals surface area contributed by atoms with E-state index in [2.05, 4.69) is 38.0 Å². The highest BCUT2D eigenvalue weighted by Crippen LogP contribution is 2.24. The first kappa shape index (κ1) is 13.5. The van der Waals surface area contributed by atoms with Crippen LogP contribution in [0.2, 0.25) is 5.15 Å². The molecule has 1 rings (SSSR count). The largest absolute Gasteiger partial charge is 0.321 e. The number of rotatable bonds is 5. The van der Waals surface area contributed by atoms with Crippen LogP contribution in [0.3, 0.4) is 0 Å². The van der Waals surface area contributed by atoms with Gasteiger partial charge in [0.1, 0.15) is 11.0 Å². The molecule has 0 atom stereocenters. The monoisotopic (exact) mass is 243 g/mol. The molecule has 3 nitrogen and oxygen atoms in total. The minimum Gasteiger partial charge on any atom is -0.321 e. The summed E-state index contributed by atoms with van der Waals surface area (Å²) in [7, 11) is 1.93. The van der Waals surface area contributed by atoms with Crippen molar-refractivity contribution in [2.45, 2.75) is 34.2 Å². The molecule has 0 aliphatic carbocycles. The Morgan fingerprint density at radius 3 is 2.56 bits per heavy atom. The van der Waals surface area contributed by atoms with Gasteiger partial charge in [0.15, 0.2) is 0 Å². The lowest BCUT2D eigenvalue weighted by atomic mass is 9.81. The normalized spacial score (nSPS) is 12.4. The van der Waals surface area contributed by atoms with Gasteiger partial charge in [-0.3, -0.25) is 0 Å². The molecule has 1 aromatic rings. The van der Waals surface area contributed by atoms with Crippen molar-refractivity contribution in [1.29, 1.82) is 0 Å². The molecule has 0 unspecified atom stereocenters. The smallest absolute Gasteiger partial charge is 0.128 e. The molecule has 0 fully saturated rings. The van der Waals surface area contributed by atoms with Gasteiger partial charge < -0.3 is 9.88 Å². The van der Waals surface area contributed by atoms with E-state index >= 15 is 0 Å². The molecule has 0 aliphatic rings. The fourth-order valence-electron chi connectivity index (χ4n) is 1.29. The molecule has 0 amide bonds. The van der Waals surface area contributed by atoms with Gasteiger partial charge in [-0.15, -0.1) is 0 Å². The van der Waals surface area contributed by atoms with Crippen molar-refractivity contribution >= 4 is 11.6 Å². The van der Waals surface area contributed by atoms with Gasteiger partial charge in [-0.1, -0.05) is 39.3 Å². The van der Waals surface area contributed by atoms with Crippen molar-refractivity contribution in [3.05, 3.63) is 17.2 Å². The first-order valence-electron chi connectivity index (χ1n) is 5.71. The second kappa shape index (κ2) is 5.19. The van der Waals surface area contributed by atoms with Crippen molar-refractivity contribution in [2.24, 2.45) is 18.4 Å². The SMILES string of the molecule is CC(C)C(C)(C)CNCc1ncc(Cl)n1C. The molecule has 0 radical (unpaired) electrons. The maximum Gasteiger partial charge on any atom is 0.128 e. The van der Waals surface area contributed by atoms with E-state index < -0.39 is 0 Å². The van der Waals surface area contributed by atoms with Gasteiger partial charge in [0.05, 0.1) is 12.7 Å². The number of hydrogen-bond donors (Lipinski definition) is 1. The van der Waals surface area contributed by atoms with Crippen LogP contribution in [-0.2, 0) is 13.6 Å². The zero-order chi connectivity index (χ0) is 12.3. The highest BCUT2D eigenvalue weighted by molar-refractivity contribution is 6.29. The zero-order valence-electron chi connectivity index (χ0n) is 10.8. The fraction of sp³-hybridized carbons (Fsp3) is 0.750. The van der Waals surface area contributed by atoms with Crippen LogP contribution in [0.5, 0.6) is 0 Å². The molecular weight excluding hydrogens is 222 g/mol. The Morgan fingerprint density at radius 2 is 2.12 bits per heavy atom. The van der Waals surface area contributed by atoms with E-state index in [4.69, 9.17) is 11.6 Å². The van der Waals surface area contributed by atoms with E-state index in [1.54, 1.807) is 6.20 Å². The van der Waals surface area contributed by atoms with Crippen LogP contribution in [-0.4, -0.2) is 16.1 Å². The van der Waals surface area contributed by atoms with Crippen LogP contribution in [0, 0.1) is 11.3 Å². The molecule has 0 saturated heterocycles. The average Bonchev–Trinajstić information content (AvgIpc) is 2.49. The number of hydrogen-bond acceptors (Lipinski definition) is 2. The predicted octanol–water partition coefficient (Wildman–Crippen LogP) is 2.85. The summed E-state index contributed by atoms with van der Waals surface area (Å²) in [5.74, 6) is 1.63. The molecular formula is C12H22ClN3. The van der Waals surface area contributed by atoms with Crippen LogP contribution in [0.15, 0.2) is 6.20 Å². The summed E-state index contributed by atoms with van der Waals surface area (Å²) in [4.78, 5) is 4.25. The molecule has 16 heavy (non-hydrogen) atoms. The Bertz CT molecular complexity index is 342. The number of imidazole rings is 1. The Kier molecular flexibility index (Phi) is 4.39. The van der Waals surface area contributed by atoms with Crippen LogP contribution in [0.4, 0.5) is 0 Å². The van der Waals surface area contributed by atoms with Gasteiger partial charge in [-0.25, -0.2) is 4.98 Å². The quantitative estimate of drug-likeness (QED) is 0.862. The van der Waals surface area contributed by atoms with Crippen molar-refractivity contribution in [3.63, 3.8) is 0 Å². The molecule has 1 aromatic heterocycles. The third kappa shape index (κ3) is 3.22. The van der Waals surface area contributed by atoms with Crippen LogP contribution in [0.1, 0.15) is 33.5 Å². The number of halogens is 1. The molecule has 0 bridgehead atoms. The highest BCUT2D eigenvalue weighted by Gasteiger charge is 2.21. The number of nitrogens with one attached hydrogen (secondary N) is 1. The first-order chi connectivity index (χ1) is 7.34. The van der Waals surface area contributed by atoms with Gasteiger partial charge in [-0.2, -0.15) is 0 Å². The third-order valence-corrected chi connectivity index (χ3v) is 3.81. The summed E-state index contributed by atoms with van der Waals surface area (Å²) in [6.45, 7) is 10.8. The molecule has 0 aliphatic heterocycles. The zero-order valence-corrected chi connectivity index (χ0v) is 11.6. The van der Waals surface area contributed by atoms with Crippen LogP contribution in [0.25, 0.3) is 0 Å². The summed E-state index contributed by atoms with van der Waals surface area (Å²) < 4.78 is 1.90. The van der Waals surface area contributed by atoms with Crippen molar-refractivity contribution in [1.82, 2.24) is 14.9 Å². The van der Waals surface area contributed by atoms with E-state index in [0.717, 1.165) is 18.9 Å².